The van der Waals surface area contributed by atoms with Crippen molar-refractivity contribution in [2.45, 2.75) is 13.8 Å². The fourth-order valence-corrected chi connectivity index (χ4v) is 3.50. The molecule has 7 heteroatoms. The van der Waals surface area contributed by atoms with Crippen LogP contribution < -0.4 is 21.3 Å². The molecule has 4 aromatic rings. The molecule has 154 valence electrons. The molecule has 2 heterocycles. The summed E-state index contributed by atoms with van der Waals surface area (Å²) in [4.78, 5) is 25.5. The van der Waals surface area contributed by atoms with Gasteiger partial charge in [0.05, 0.1) is 12.2 Å². The zero-order chi connectivity index (χ0) is 21.4. The van der Waals surface area contributed by atoms with E-state index in [-0.39, 0.29) is 5.71 Å². The summed E-state index contributed by atoms with van der Waals surface area (Å²) in [6.45, 7) is 4.47. The number of ether oxygens (including phenoxy) is 1. The monoisotopic (exact) mass is 405 g/mol. The molecule has 0 unspecified atom stereocenters. The number of nitrogens with zero attached hydrogens (tertiary/aromatic N) is 2. The van der Waals surface area contributed by atoms with Crippen LogP contribution in [0.5, 0.6) is 5.75 Å². The van der Waals surface area contributed by atoms with Crippen molar-refractivity contribution in [1.29, 1.82) is 0 Å². The maximum absolute atomic E-state index is 13.0. The number of rotatable bonds is 5. The highest BCUT2D eigenvalue weighted by Gasteiger charge is 2.23. The van der Waals surface area contributed by atoms with Crippen LogP contribution in [0.15, 0.2) is 62.5 Å². The minimum atomic E-state index is -0.443. The highest BCUT2D eigenvalue weighted by molar-refractivity contribution is 5.99. The SMILES string of the molecule is CCOc1ccc(-c2c(Nc3ccccc3C)oc3c2c(=O)n(C)c(=O)n3C)cc1. The minimum absolute atomic E-state index is 0.225. The first-order valence-electron chi connectivity index (χ1n) is 9.70. The number of fused-ring (bicyclic) bond motifs is 1. The molecule has 0 amide bonds. The summed E-state index contributed by atoms with van der Waals surface area (Å²) in [7, 11) is 3.06. The Kier molecular flexibility index (Phi) is 4.95. The van der Waals surface area contributed by atoms with E-state index in [9.17, 15) is 9.59 Å². The van der Waals surface area contributed by atoms with Crippen LogP contribution >= 0.6 is 0 Å². The number of para-hydroxylation sites is 1. The third-order valence-electron chi connectivity index (χ3n) is 5.13. The first-order valence-corrected chi connectivity index (χ1v) is 9.70. The zero-order valence-electron chi connectivity index (χ0n) is 17.4. The molecule has 0 saturated heterocycles. The second-order valence-corrected chi connectivity index (χ2v) is 7.09. The molecule has 0 spiro atoms. The molecule has 30 heavy (non-hydrogen) atoms. The van der Waals surface area contributed by atoms with Crippen molar-refractivity contribution in [2.75, 3.05) is 11.9 Å². The van der Waals surface area contributed by atoms with E-state index in [4.69, 9.17) is 9.15 Å². The number of hydrogen-bond acceptors (Lipinski definition) is 5. The quantitative estimate of drug-likeness (QED) is 0.544. The third kappa shape index (κ3) is 3.18. The molecule has 0 radical (unpaired) electrons. The second-order valence-electron chi connectivity index (χ2n) is 7.09. The predicted molar refractivity (Wildman–Crippen MR) is 118 cm³/mol. The van der Waals surface area contributed by atoms with Crippen molar-refractivity contribution in [3.05, 3.63) is 74.9 Å². The molecule has 0 fully saturated rings. The van der Waals surface area contributed by atoms with E-state index in [1.165, 1.54) is 11.6 Å². The van der Waals surface area contributed by atoms with E-state index in [0.29, 0.717) is 23.4 Å². The number of furan rings is 1. The Labute approximate surface area is 173 Å². The van der Waals surface area contributed by atoms with E-state index in [1.807, 2.05) is 62.4 Å². The van der Waals surface area contributed by atoms with Gasteiger partial charge in [-0.15, -0.1) is 0 Å². The molecule has 0 aliphatic carbocycles. The molecule has 2 aromatic heterocycles. The lowest BCUT2D eigenvalue weighted by Gasteiger charge is -2.10. The van der Waals surface area contributed by atoms with Gasteiger partial charge in [-0.3, -0.25) is 13.9 Å². The lowest BCUT2D eigenvalue weighted by molar-refractivity contribution is 0.340. The summed E-state index contributed by atoms with van der Waals surface area (Å²) in [6.07, 6.45) is 0. The van der Waals surface area contributed by atoms with Crippen LogP contribution in [0.3, 0.4) is 0 Å². The summed E-state index contributed by atoms with van der Waals surface area (Å²) in [5.74, 6) is 1.14. The van der Waals surface area contributed by atoms with Gasteiger partial charge in [0.1, 0.15) is 11.1 Å². The largest absolute Gasteiger partial charge is 0.494 e. The van der Waals surface area contributed by atoms with E-state index >= 15 is 0 Å². The van der Waals surface area contributed by atoms with Gasteiger partial charge >= 0.3 is 5.69 Å². The number of nitrogens with one attached hydrogen (secondary N) is 1. The van der Waals surface area contributed by atoms with E-state index in [1.54, 1.807) is 7.05 Å². The molecule has 1 N–H and O–H groups in total. The van der Waals surface area contributed by atoms with Crippen molar-refractivity contribution in [1.82, 2.24) is 9.13 Å². The summed E-state index contributed by atoms with van der Waals surface area (Å²) >= 11 is 0. The van der Waals surface area contributed by atoms with Crippen molar-refractivity contribution in [2.24, 2.45) is 14.1 Å². The number of hydrogen-bond donors (Lipinski definition) is 1. The van der Waals surface area contributed by atoms with Crippen LogP contribution in [0.25, 0.3) is 22.2 Å². The number of aromatic nitrogens is 2. The highest BCUT2D eigenvalue weighted by Crippen LogP contribution is 2.38. The van der Waals surface area contributed by atoms with Crippen LogP contribution in [0, 0.1) is 6.92 Å². The molecule has 0 aliphatic rings. The molecule has 0 bridgehead atoms. The Morgan fingerprint density at radius 2 is 1.70 bits per heavy atom. The fraction of sp³-hybridized carbons (Fsp3) is 0.217. The van der Waals surface area contributed by atoms with Crippen molar-refractivity contribution < 1.29 is 9.15 Å². The van der Waals surface area contributed by atoms with Gasteiger partial charge in [-0.05, 0) is 43.2 Å². The predicted octanol–water partition coefficient (Wildman–Crippen LogP) is 3.95. The van der Waals surface area contributed by atoms with Crippen LogP contribution in [0.1, 0.15) is 12.5 Å². The van der Waals surface area contributed by atoms with Crippen molar-refractivity contribution >= 4 is 22.7 Å². The van der Waals surface area contributed by atoms with Gasteiger partial charge < -0.3 is 14.5 Å². The first kappa shape index (κ1) is 19.6. The van der Waals surface area contributed by atoms with Crippen LogP contribution in [0.2, 0.25) is 0 Å². The van der Waals surface area contributed by atoms with Gasteiger partial charge in [-0.1, -0.05) is 30.3 Å². The van der Waals surface area contributed by atoms with E-state index in [0.717, 1.165) is 27.1 Å². The number of aryl methyl sites for hydroxylation is 2. The standard InChI is InChI=1S/C23H23N3O4/c1-5-29-16-12-10-15(11-13-16)18-19-21(27)25(3)23(28)26(4)22(19)30-20(18)24-17-9-7-6-8-14(17)2/h6-13,24H,5H2,1-4H3. The average Bonchev–Trinajstić information content (AvgIpc) is 3.12. The Bertz CT molecular complexity index is 1340. The van der Waals surface area contributed by atoms with Crippen LogP contribution in [-0.2, 0) is 14.1 Å². The lowest BCUT2D eigenvalue weighted by Crippen LogP contribution is -2.36. The smallest absolute Gasteiger partial charge is 0.333 e. The summed E-state index contributed by atoms with van der Waals surface area (Å²) in [6, 6.07) is 15.2. The summed E-state index contributed by atoms with van der Waals surface area (Å²) < 4.78 is 14.0. The number of benzene rings is 2. The Hall–Kier alpha value is -3.74. The molecular formula is C23H23N3O4. The molecule has 0 atom stereocenters. The maximum atomic E-state index is 13.0. The molecular weight excluding hydrogens is 382 g/mol. The Morgan fingerprint density at radius 3 is 2.37 bits per heavy atom. The molecule has 4 rings (SSSR count). The first-order chi connectivity index (χ1) is 14.4. The molecule has 0 saturated carbocycles. The van der Waals surface area contributed by atoms with Crippen molar-refractivity contribution in [3.8, 4) is 16.9 Å². The minimum Gasteiger partial charge on any atom is -0.494 e. The Balaban J connectivity index is 2.01. The summed E-state index contributed by atoms with van der Waals surface area (Å²) in [5, 5.41) is 3.65. The lowest BCUT2D eigenvalue weighted by atomic mass is 10.0. The number of anilines is 2. The van der Waals surface area contributed by atoms with E-state index in [2.05, 4.69) is 5.32 Å². The van der Waals surface area contributed by atoms with Gasteiger partial charge in [0, 0.05) is 19.8 Å². The Morgan fingerprint density at radius 1 is 1.00 bits per heavy atom. The normalized spacial score (nSPS) is 11.1. The fourth-order valence-electron chi connectivity index (χ4n) is 3.50. The molecule has 0 aliphatic heterocycles. The molecule has 2 aromatic carbocycles. The van der Waals surface area contributed by atoms with Crippen LogP contribution in [0.4, 0.5) is 11.6 Å². The van der Waals surface area contributed by atoms with Gasteiger partial charge in [0.2, 0.25) is 11.6 Å². The summed E-state index contributed by atoms with van der Waals surface area (Å²) in [5.41, 5.74) is 2.64. The second kappa shape index (κ2) is 7.59. The average molecular weight is 405 g/mol. The van der Waals surface area contributed by atoms with E-state index < -0.39 is 11.2 Å². The zero-order valence-corrected chi connectivity index (χ0v) is 17.4. The maximum Gasteiger partial charge on any atom is 0.333 e. The van der Waals surface area contributed by atoms with Crippen molar-refractivity contribution in [3.63, 3.8) is 0 Å². The topological polar surface area (TPSA) is 78.4 Å². The molecule has 7 nitrogen and oxygen atoms in total. The van der Waals surface area contributed by atoms with Gasteiger partial charge in [-0.2, -0.15) is 0 Å². The van der Waals surface area contributed by atoms with Gasteiger partial charge in [0.15, 0.2) is 0 Å². The van der Waals surface area contributed by atoms with Gasteiger partial charge in [0.25, 0.3) is 5.56 Å². The highest BCUT2D eigenvalue weighted by atomic mass is 16.5. The van der Waals surface area contributed by atoms with Gasteiger partial charge in [-0.25, -0.2) is 4.79 Å². The van der Waals surface area contributed by atoms with Crippen LogP contribution in [-0.4, -0.2) is 15.7 Å². The third-order valence-corrected chi connectivity index (χ3v) is 5.13.